The summed E-state index contributed by atoms with van der Waals surface area (Å²) in [4.78, 5) is 21.0. The molecular weight excluding hydrogens is 284 g/mol. The SMILES string of the molecule is CSc1ncccc1NC(=O)c1ccc2ccn(C)c2n1. The second-order valence-corrected chi connectivity index (χ2v) is 5.35. The van der Waals surface area contributed by atoms with Gasteiger partial charge in [0.2, 0.25) is 0 Å². The van der Waals surface area contributed by atoms with Crippen LogP contribution in [-0.2, 0) is 7.05 Å². The number of anilines is 1. The van der Waals surface area contributed by atoms with Crippen LogP contribution in [-0.4, -0.2) is 26.7 Å². The molecule has 0 saturated carbocycles. The van der Waals surface area contributed by atoms with Crippen LogP contribution in [0.25, 0.3) is 11.0 Å². The molecule has 6 heteroatoms. The Morgan fingerprint density at radius 1 is 1.29 bits per heavy atom. The molecule has 3 aromatic rings. The van der Waals surface area contributed by atoms with E-state index >= 15 is 0 Å². The van der Waals surface area contributed by atoms with Crippen molar-refractivity contribution in [2.75, 3.05) is 11.6 Å². The fourth-order valence-electron chi connectivity index (χ4n) is 2.10. The van der Waals surface area contributed by atoms with Gasteiger partial charge >= 0.3 is 0 Å². The molecule has 21 heavy (non-hydrogen) atoms. The third-order valence-corrected chi connectivity index (χ3v) is 3.87. The van der Waals surface area contributed by atoms with Crippen LogP contribution in [0.15, 0.2) is 47.8 Å². The zero-order valence-electron chi connectivity index (χ0n) is 11.7. The number of nitrogens with one attached hydrogen (secondary N) is 1. The van der Waals surface area contributed by atoms with Gasteiger partial charge in [0.15, 0.2) is 0 Å². The number of pyridine rings is 2. The van der Waals surface area contributed by atoms with Gasteiger partial charge in [0.05, 0.1) is 5.69 Å². The van der Waals surface area contributed by atoms with Crippen molar-refractivity contribution in [1.29, 1.82) is 0 Å². The highest BCUT2D eigenvalue weighted by atomic mass is 32.2. The van der Waals surface area contributed by atoms with Crippen LogP contribution >= 0.6 is 11.8 Å². The Kier molecular flexibility index (Phi) is 3.62. The van der Waals surface area contributed by atoms with Crippen LogP contribution < -0.4 is 5.32 Å². The molecule has 106 valence electrons. The van der Waals surface area contributed by atoms with Crippen molar-refractivity contribution in [3.05, 3.63) is 48.4 Å². The normalized spacial score (nSPS) is 10.8. The third-order valence-electron chi connectivity index (χ3n) is 3.16. The van der Waals surface area contributed by atoms with Crippen LogP contribution in [0.5, 0.6) is 0 Å². The molecule has 0 radical (unpaired) electrons. The first-order valence-corrected chi connectivity index (χ1v) is 7.64. The maximum Gasteiger partial charge on any atom is 0.274 e. The summed E-state index contributed by atoms with van der Waals surface area (Å²) in [6, 6.07) is 9.22. The number of rotatable bonds is 3. The summed E-state index contributed by atoms with van der Waals surface area (Å²) in [5, 5.41) is 4.66. The number of aryl methyl sites for hydroxylation is 1. The number of amides is 1. The second-order valence-electron chi connectivity index (χ2n) is 4.55. The van der Waals surface area contributed by atoms with Gasteiger partial charge in [-0.2, -0.15) is 0 Å². The predicted octanol–water partition coefficient (Wildman–Crippen LogP) is 2.94. The van der Waals surface area contributed by atoms with Crippen molar-refractivity contribution in [3.63, 3.8) is 0 Å². The standard InChI is InChI=1S/C15H14N4OS/c1-19-9-7-10-5-6-11(17-13(10)19)14(20)18-12-4-3-8-16-15(12)21-2/h3-9H,1-2H3,(H,18,20). The molecule has 0 unspecified atom stereocenters. The van der Waals surface area contributed by atoms with Gasteiger partial charge in [0, 0.05) is 24.8 Å². The Labute approximate surface area is 126 Å². The number of fused-ring (bicyclic) bond motifs is 1. The Morgan fingerprint density at radius 2 is 2.14 bits per heavy atom. The van der Waals surface area contributed by atoms with Gasteiger partial charge in [0.25, 0.3) is 5.91 Å². The van der Waals surface area contributed by atoms with Crippen molar-refractivity contribution >= 4 is 34.4 Å². The Morgan fingerprint density at radius 3 is 2.95 bits per heavy atom. The van der Waals surface area contributed by atoms with Gasteiger partial charge in [-0.1, -0.05) is 0 Å². The summed E-state index contributed by atoms with van der Waals surface area (Å²) in [7, 11) is 1.91. The van der Waals surface area contributed by atoms with Crippen molar-refractivity contribution in [2.24, 2.45) is 7.05 Å². The Balaban J connectivity index is 1.91. The maximum absolute atomic E-state index is 12.3. The lowest BCUT2D eigenvalue weighted by Gasteiger charge is -2.08. The summed E-state index contributed by atoms with van der Waals surface area (Å²) in [5.41, 5.74) is 1.88. The van der Waals surface area contributed by atoms with Crippen LogP contribution in [0.1, 0.15) is 10.5 Å². The van der Waals surface area contributed by atoms with E-state index in [1.165, 1.54) is 11.8 Å². The van der Waals surface area contributed by atoms with Gasteiger partial charge in [-0.05, 0) is 36.6 Å². The minimum absolute atomic E-state index is 0.235. The second kappa shape index (κ2) is 5.57. The van der Waals surface area contributed by atoms with Crippen molar-refractivity contribution in [2.45, 2.75) is 5.03 Å². The average molecular weight is 298 g/mol. The fourth-order valence-corrected chi connectivity index (χ4v) is 2.60. The van der Waals surface area contributed by atoms with Gasteiger partial charge in [0.1, 0.15) is 16.4 Å². The third kappa shape index (κ3) is 2.62. The molecule has 1 N–H and O–H groups in total. The lowest BCUT2D eigenvalue weighted by atomic mass is 10.3. The first kappa shape index (κ1) is 13.6. The molecule has 1 amide bonds. The molecule has 0 aromatic carbocycles. The van der Waals surface area contributed by atoms with E-state index in [0.29, 0.717) is 11.4 Å². The fraction of sp³-hybridized carbons (Fsp3) is 0.133. The van der Waals surface area contributed by atoms with E-state index in [-0.39, 0.29) is 5.91 Å². The molecule has 3 aromatic heterocycles. The number of carbonyl (C=O) groups is 1. The smallest absolute Gasteiger partial charge is 0.274 e. The first-order valence-electron chi connectivity index (χ1n) is 6.41. The van der Waals surface area contributed by atoms with E-state index in [1.54, 1.807) is 18.3 Å². The molecule has 3 heterocycles. The Hall–Kier alpha value is -2.34. The van der Waals surface area contributed by atoms with Crippen LogP contribution in [0, 0.1) is 0 Å². The minimum Gasteiger partial charge on any atom is -0.336 e. The topological polar surface area (TPSA) is 59.8 Å². The van der Waals surface area contributed by atoms with Gasteiger partial charge in [-0.3, -0.25) is 4.79 Å². The van der Waals surface area contributed by atoms with E-state index in [1.807, 2.05) is 42.3 Å². The molecule has 3 rings (SSSR count). The predicted molar refractivity (Wildman–Crippen MR) is 84.7 cm³/mol. The summed E-state index contributed by atoms with van der Waals surface area (Å²) in [6.07, 6.45) is 5.55. The molecule has 0 aliphatic rings. The molecule has 0 fully saturated rings. The lowest BCUT2D eigenvalue weighted by Crippen LogP contribution is -2.14. The molecule has 0 saturated heterocycles. The van der Waals surface area contributed by atoms with Gasteiger partial charge in [-0.25, -0.2) is 9.97 Å². The van der Waals surface area contributed by atoms with E-state index in [2.05, 4.69) is 15.3 Å². The van der Waals surface area contributed by atoms with E-state index in [9.17, 15) is 4.79 Å². The molecular formula is C15H14N4OS. The lowest BCUT2D eigenvalue weighted by molar-refractivity contribution is 0.102. The number of hydrogen-bond donors (Lipinski definition) is 1. The van der Waals surface area contributed by atoms with Crippen molar-refractivity contribution in [1.82, 2.24) is 14.5 Å². The molecule has 0 aliphatic heterocycles. The number of aromatic nitrogens is 3. The molecule has 0 bridgehead atoms. The summed E-state index contributed by atoms with van der Waals surface area (Å²) < 4.78 is 1.89. The quantitative estimate of drug-likeness (QED) is 0.755. The minimum atomic E-state index is -0.235. The molecule has 5 nitrogen and oxygen atoms in total. The highest BCUT2D eigenvalue weighted by molar-refractivity contribution is 7.98. The summed E-state index contributed by atoms with van der Waals surface area (Å²) in [6.45, 7) is 0. The number of carbonyl (C=O) groups excluding carboxylic acids is 1. The van der Waals surface area contributed by atoms with Gasteiger partial charge in [-0.15, -0.1) is 11.8 Å². The number of hydrogen-bond acceptors (Lipinski definition) is 4. The van der Waals surface area contributed by atoms with Crippen LogP contribution in [0.3, 0.4) is 0 Å². The molecule has 0 atom stereocenters. The largest absolute Gasteiger partial charge is 0.336 e. The van der Waals surface area contributed by atoms with Crippen molar-refractivity contribution in [3.8, 4) is 0 Å². The summed E-state index contributed by atoms with van der Waals surface area (Å²) in [5.74, 6) is -0.235. The zero-order valence-corrected chi connectivity index (χ0v) is 12.5. The van der Waals surface area contributed by atoms with Crippen LogP contribution in [0.4, 0.5) is 5.69 Å². The monoisotopic (exact) mass is 298 g/mol. The summed E-state index contributed by atoms with van der Waals surface area (Å²) >= 11 is 1.49. The number of thioether (sulfide) groups is 1. The van der Waals surface area contributed by atoms with Crippen molar-refractivity contribution < 1.29 is 4.79 Å². The Bertz CT molecular complexity index is 812. The van der Waals surface area contributed by atoms with Gasteiger partial charge < -0.3 is 9.88 Å². The number of nitrogens with zero attached hydrogens (tertiary/aromatic N) is 3. The first-order chi connectivity index (χ1) is 10.2. The molecule has 0 aliphatic carbocycles. The average Bonchev–Trinajstić information content (AvgIpc) is 2.88. The van der Waals surface area contributed by atoms with E-state index in [4.69, 9.17) is 0 Å². The van der Waals surface area contributed by atoms with E-state index in [0.717, 1.165) is 16.1 Å². The molecule has 0 spiro atoms. The van der Waals surface area contributed by atoms with E-state index < -0.39 is 0 Å². The maximum atomic E-state index is 12.3. The van der Waals surface area contributed by atoms with Crippen LogP contribution in [0.2, 0.25) is 0 Å². The highest BCUT2D eigenvalue weighted by Crippen LogP contribution is 2.22. The highest BCUT2D eigenvalue weighted by Gasteiger charge is 2.12. The zero-order chi connectivity index (χ0) is 14.8.